The van der Waals surface area contributed by atoms with Crippen molar-refractivity contribution in [2.75, 3.05) is 5.75 Å². The molecule has 0 radical (unpaired) electrons. The first-order valence-electron chi connectivity index (χ1n) is 8.24. The molecule has 1 rings (SSSR count). The van der Waals surface area contributed by atoms with Gasteiger partial charge in [0.1, 0.15) is 0 Å². The molecule has 0 aliphatic carbocycles. The third kappa shape index (κ3) is 8.71. The number of nitrogens with one attached hydrogen (secondary N) is 1. The Morgan fingerprint density at radius 3 is 2.13 bits per heavy atom. The molecule has 0 saturated carbocycles. The third-order valence-corrected chi connectivity index (χ3v) is 5.12. The Morgan fingerprint density at radius 1 is 1.00 bits per heavy atom. The molecule has 0 bridgehead atoms. The summed E-state index contributed by atoms with van der Waals surface area (Å²) in [5.74, 6) is -0.843. The summed E-state index contributed by atoms with van der Waals surface area (Å²) >= 11 is 0. The standard InChI is InChI=1S/C17H27NO4S/c1-2-3-4-5-6-7-8-13-23(21,22)18-14-15-9-11-16(12-10-15)17(19)20/h9-12,18H,2-8,13-14H2,1H3,(H,19,20). The number of sulfonamides is 1. The van der Waals surface area contributed by atoms with Gasteiger partial charge in [-0.05, 0) is 24.1 Å². The van der Waals surface area contributed by atoms with E-state index in [1.165, 1.54) is 37.8 Å². The van der Waals surface area contributed by atoms with Gasteiger partial charge in [0.25, 0.3) is 0 Å². The lowest BCUT2D eigenvalue weighted by Crippen LogP contribution is -2.25. The lowest BCUT2D eigenvalue weighted by Gasteiger charge is -2.07. The molecule has 0 spiro atoms. The smallest absolute Gasteiger partial charge is 0.335 e. The van der Waals surface area contributed by atoms with Crippen LogP contribution in [0.2, 0.25) is 0 Å². The van der Waals surface area contributed by atoms with E-state index in [1.807, 2.05) is 0 Å². The van der Waals surface area contributed by atoms with E-state index in [0.29, 0.717) is 6.42 Å². The summed E-state index contributed by atoms with van der Waals surface area (Å²) in [6.45, 7) is 2.37. The summed E-state index contributed by atoms with van der Waals surface area (Å²) in [6.07, 6.45) is 7.58. The summed E-state index contributed by atoms with van der Waals surface area (Å²) in [5.41, 5.74) is 0.942. The van der Waals surface area contributed by atoms with E-state index in [-0.39, 0.29) is 17.9 Å². The SMILES string of the molecule is CCCCCCCCCS(=O)(=O)NCc1ccc(C(=O)O)cc1. The van der Waals surface area contributed by atoms with E-state index >= 15 is 0 Å². The maximum Gasteiger partial charge on any atom is 0.335 e. The fourth-order valence-electron chi connectivity index (χ4n) is 2.28. The normalized spacial score (nSPS) is 11.5. The zero-order chi connectivity index (χ0) is 17.1. The van der Waals surface area contributed by atoms with Crippen LogP contribution in [0.4, 0.5) is 0 Å². The van der Waals surface area contributed by atoms with Crippen LogP contribution in [0.5, 0.6) is 0 Å². The Kier molecular flexibility index (Phi) is 8.87. The van der Waals surface area contributed by atoms with Crippen molar-refractivity contribution >= 4 is 16.0 Å². The van der Waals surface area contributed by atoms with Crippen LogP contribution in [0.15, 0.2) is 24.3 Å². The topological polar surface area (TPSA) is 83.5 Å². The highest BCUT2D eigenvalue weighted by atomic mass is 32.2. The molecule has 0 heterocycles. The molecule has 0 aliphatic rings. The molecule has 5 nitrogen and oxygen atoms in total. The quantitative estimate of drug-likeness (QED) is 0.569. The van der Waals surface area contributed by atoms with Gasteiger partial charge in [-0.25, -0.2) is 17.9 Å². The summed E-state index contributed by atoms with van der Waals surface area (Å²) in [4.78, 5) is 10.7. The number of carbonyl (C=O) groups is 1. The molecule has 0 saturated heterocycles. The van der Waals surface area contributed by atoms with E-state index in [2.05, 4.69) is 11.6 Å². The molecule has 130 valence electrons. The third-order valence-electron chi connectivity index (χ3n) is 3.71. The van der Waals surface area contributed by atoms with E-state index in [4.69, 9.17) is 5.11 Å². The highest BCUT2D eigenvalue weighted by Crippen LogP contribution is 2.08. The lowest BCUT2D eigenvalue weighted by molar-refractivity contribution is 0.0697. The van der Waals surface area contributed by atoms with Crippen molar-refractivity contribution in [1.29, 1.82) is 0 Å². The maximum absolute atomic E-state index is 11.9. The van der Waals surface area contributed by atoms with Crippen molar-refractivity contribution < 1.29 is 18.3 Å². The van der Waals surface area contributed by atoms with Crippen molar-refractivity contribution in [2.45, 2.75) is 58.4 Å². The largest absolute Gasteiger partial charge is 0.478 e. The highest BCUT2D eigenvalue weighted by Gasteiger charge is 2.10. The fraction of sp³-hybridized carbons (Fsp3) is 0.588. The van der Waals surface area contributed by atoms with E-state index in [9.17, 15) is 13.2 Å². The number of carboxylic acid groups (broad SMARTS) is 1. The second kappa shape index (κ2) is 10.4. The van der Waals surface area contributed by atoms with Crippen LogP contribution in [-0.2, 0) is 16.6 Å². The molecule has 2 N–H and O–H groups in total. The molecule has 0 unspecified atom stereocenters. The predicted octanol–water partition coefficient (Wildman–Crippen LogP) is 3.55. The van der Waals surface area contributed by atoms with Crippen LogP contribution < -0.4 is 4.72 Å². The number of unbranched alkanes of at least 4 members (excludes halogenated alkanes) is 6. The van der Waals surface area contributed by atoms with Crippen LogP contribution in [0.25, 0.3) is 0 Å². The molecular formula is C17H27NO4S. The molecule has 1 aromatic rings. The lowest BCUT2D eigenvalue weighted by atomic mass is 10.1. The molecule has 6 heteroatoms. The predicted molar refractivity (Wildman–Crippen MR) is 92.0 cm³/mol. The van der Waals surface area contributed by atoms with Crippen LogP contribution in [0, 0.1) is 0 Å². The highest BCUT2D eigenvalue weighted by molar-refractivity contribution is 7.89. The molecule has 0 atom stereocenters. The number of hydrogen-bond acceptors (Lipinski definition) is 3. The first-order chi connectivity index (χ1) is 10.9. The van der Waals surface area contributed by atoms with Gasteiger partial charge in [0.15, 0.2) is 0 Å². The summed E-state index contributed by atoms with van der Waals surface area (Å²) in [7, 11) is -3.27. The fourth-order valence-corrected chi connectivity index (χ4v) is 3.39. The molecule has 0 amide bonds. The minimum atomic E-state index is -3.27. The molecule has 0 aliphatic heterocycles. The monoisotopic (exact) mass is 341 g/mol. The average molecular weight is 341 g/mol. The van der Waals surface area contributed by atoms with E-state index in [1.54, 1.807) is 12.1 Å². The first-order valence-corrected chi connectivity index (χ1v) is 9.89. The second-order valence-electron chi connectivity index (χ2n) is 5.76. The average Bonchev–Trinajstić information content (AvgIpc) is 2.52. The molecular weight excluding hydrogens is 314 g/mol. The van der Waals surface area contributed by atoms with Crippen molar-refractivity contribution in [3.05, 3.63) is 35.4 Å². The first kappa shape index (κ1) is 19.6. The van der Waals surface area contributed by atoms with Crippen LogP contribution in [-0.4, -0.2) is 25.2 Å². The minimum Gasteiger partial charge on any atom is -0.478 e. The number of aromatic carboxylic acids is 1. The number of carboxylic acids is 1. The zero-order valence-electron chi connectivity index (χ0n) is 13.8. The van der Waals surface area contributed by atoms with Gasteiger partial charge in [-0.1, -0.05) is 57.6 Å². The van der Waals surface area contributed by atoms with Gasteiger partial charge in [0, 0.05) is 6.54 Å². The molecule has 0 fully saturated rings. The van der Waals surface area contributed by atoms with Gasteiger partial charge >= 0.3 is 5.97 Å². The Hall–Kier alpha value is -1.40. The van der Waals surface area contributed by atoms with Gasteiger partial charge in [-0.2, -0.15) is 0 Å². The Labute approximate surface area is 139 Å². The molecule has 0 aromatic heterocycles. The summed E-state index contributed by atoms with van der Waals surface area (Å²) in [5, 5.41) is 8.81. The molecule has 23 heavy (non-hydrogen) atoms. The molecule has 1 aromatic carbocycles. The van der Waals surface area contributed by atoms with Crippen molar-refractivity contribution in [3.63, 3.8) is 0 Å². The maximum atomic E-state index is 11.9. The van der Waals surface area contributed by atoms with Gasteiger partial charge in [-0.15, -0.1) is 0 Å². The van der Waals surface area contributed by atoms with Gasteiger partial charge in [0.2, 0.25) is 10.0 Å². The van der Waals surface area contributed by atoms with Gasteiger partial charge in [-0.3, -0.25) is 0 Å². The van der Waals surface area contributed by atoms with Crippen LogP contribution in [0.3, 0.4) is 0 Å². The Balaban J connectivity index is 2.25. The minimum absolute atomic E-state index is 0.147. The number of hydrogen-bond donors (Lipinski definition) is 2. The van der Waals surface area contributed by atoms with E-state index in [0.717, 1.165) is 18.4 Å². The summed E-state index contributed by atoms with van der Waals surface area (Å²) in [6, 6.07) is 6.20. The summed E-state index contributed by atoms with van der Waals surface area (Å²) < 4.78 is 26.4. The van der Waals surface area contributed by atoms with Gasteiger partial charge in [0.05, 0.1) is 11.3 Å². The van der Waals surface area contributed by atoms with Crippen molar-refractivity contribution in [2.24, 2.45) is 0 Å². The van der Waals surface area contributed by atoms with Crippen LogP contribution in [0.1, 0.15) is 67.8 Å². The number of benzene rings is 1. The van der Waals surface area contributed by atoms with Gasteiger partial charge < -0.3 is 5.11 Å². The van der Waals surface area contributed by atoms with E-state index < -0.39 is 16.0 Å². The zero-order valence-corrected chi connectivity index (χ0v) is 14.6. The number of rotatable bonds is 12. The van der Waals surface area contributed by atoms with Crippen molar-refractivity contribution in [3.8, 4) is 0 Å². The Bertz CT molecular complexity index is 567. The van der Waals surface area contributed by atoms with Crippen molar-refractivity contribution in [1.82, 2.24) is 4.72 Å². The van der Waals surface area contributed by atoms with Crippen LogP contribution >= 0.6 is 0 Å². The second-order valence-corrected chi connectivity index (χ2v) is 7.69. The Morgan fingerprint density at radius 2 is 1.57 bits per heavy atom.